The Morgan fingerprint density at radius 2 is 2.00 bits per heavy atom. The lowest BCUT2D eigenvalue weighted by atomic mass is 9.66. The molecule has 1 aliphatic carbocycles. The van der Waals surface area contributed by atoms with Gasteiger partial charge in [0.05, 0.1) is 18.2 Å². The van der Waals surface area contributed by atoms with E-state index in [1.54, 1.807) is 18.6 Å². The first-order chi connectivity index (χ1) is 13.2. The molecule has 0 radical (unpaired) electrons. The van der Waals surface area contributed by atoms with Crippen LogP contribution in [0.3, 0.4) is 0 Å². The Morgan fingerprint density at radius 1 is 1.19 bits per heavy atom. The Hall–Kier alpha value is -2.42. The van der Waals surface area contributed by atoms with Crippen molar-refractivity contribution in [2.24, 2.45) is 0 Å². The Labute approximate surface area is 164 Å². The van der Waals surface area contributed by atoms with Crippen LogP contribution in [0.2, 0.25) is 0 Å². The maximum Gasteiger partial charge on any atom is 0.222 e. The van der Waals surface area contributed by atoms with Crippen molar-refractivity contribution in [3.05, 3.63) is 47.5 Å². The maximum atomic E-state index is 8.78. The first-order valence-corrected chi connectivity index (χ1v) is 10.2. The molecule has 0 amide bonds. The van der Waals surface area contributed by atoms with Crippen molar-refractivity contribution in [2.45, 2.75) is 31.1 Å². The first kappa shape index (κ1) is 18.0. The Balaban J connectivity index is 1.45. The average Bonchev–Trinajstić information content (AvgIpc) is 3.12. The van der Waals surface area contributed by atoms with Crippen LogP contribution in [0.25, 0.3) is 10.6 Å². The lowest BCUT2D eigenvalue weighted by Crippen LogP contribution is -2.44. The smallest absolute Gasteiger partial charge is 0.222 e. The third-order valence-electron chi connectivity index (χ3n) is 4.94. The van der Waals surface area contributed by atoms with Crippen LogP contribution < -0.4 is 10.6 Å². The highest BCUT2D eigenvalue weighted by Gasteiger charge is 2.40. The summed E-state index contributed by atoms with van der Waals surface area (Å²) in [6, 6.07) is 6.20. The van der Waals surface area contributed by atoms with E-state index in [4.69, 9.17) is 5.26 Å². The summed E-state index contributed by atoms with van der Waals surface area (Å²) in [5.74, 6) is 0.611. The number of nitriles is 1. The molecule has 1 saturated carbocycles. The number of thiazole rings is 1. The van der Waals surface area contributed by atoms with Crippen LogP contribution in [0.1, 0.15) is 29.8 Å². The van der Waals surface area contributed by atoms with Crippen molar-refractivity contribution in [3.63, 3.8) is 0 Å². The molecule has 1 fully saturated rings. The number of pyridine rings is 1. The molecule has 136 valence electrons. The van der Waals surface area contributed by atoms with Crippen LogP contribution in [0.5, 0.6) is 0 Å². The predicted molar refractivity (Wildman–Crippen MR) is 110 cm³/mol. The lowest BCUT2D eigenvalue weighted by molar-refractivity contribution is 0.254. The number of nitrogens with one attached hydrogen (secondary N) is 1. The molecule has 3 aromatic rings. The lowest BCUT2D eigenvalue weighted by Gasteiger charge is -2.42. The normalized spacial score (nSPS) is 15.0. The summed E-state index contributed by atoms with van der Waals surface area (Å²) in [6.07, 6.45) is 11.0. The van der Waals surface area contributed by atoms with E-state index in [0.717, 1.165) is 45.8 Å². The van der Waals surface area contributed by atoms with Gasteiger partial charge in [0.15, 0.2) is 0 Å². The highest BCUT2D eigenvalue weighted by atomic mass is 32.1. The number of hydrogen-bond donors (Lipinski definition) is 1. The molecule has 27 heavy (non-hydrogen) atoms. The minimum atomic E-state index is 0.0574. The summed E-state index contributed by atoms with van der Waals surface area (Å²) in [4.78, 5) is 18.8. The minimum absolute atomic E-state index is 0.0574. The largest absolute Gasteiger partial charge is 0.353 e. The molecular formula is C19H19N6PS. The van der Waals surface area contributed by atoms with E-state index in [0.29, 0.717) is 12.4 Å². The zero-order chi connectivity index (χ0) is 18.7. The van der Waals surface area contributed by atoms with E-state index in [-0.39, 0.29) is 5.41 Å². The zero-order valence-electron chi connectivity index (χ0n) is 14.7. The SMILES string of the molecule is N#CCc1cnc(-c2cnc(NCC3(c4ncccc4P)CCC3)nc2)s1. The molecule has 1 aliphatic rings. The van der Waals surface area contributed by atoms with E-state index in [1.807, 2.05) is 12.3 Å². The van der Waals surface area contributed by atoms with Gasteiger partial charge in [-0.15, -0.1) is 20.6 Å². The summed E-state index contributed by atoms with van der Waals surface area (Å²) < 4.78 is 0. The number of nitrogens with zero attached hydrogens (tertiary/aromatic N) is 5. The predicted octanol–water partition coefficient (Wildman–Crippen LogP) is 3.10. The van der Waals surface area contributed by atoms with Crippen molar-refractivity contribution in [2.75, 3.05) is 11.9 Å². The van der Waals surface area contributed by atoms with Gasteiger partial charge in [-0.3, -0.25) is 4.98 Å². The third-order valence-corrected chi connectivity index (χ3v) is 6.45. The van der Waals surface area contributed by atoms with Crippen LogP contribution in [0, 0.1) is 11.3 Å². The van der Waals surface area contributed by atoms with Gasteiger partial charge >= 0.3 is 0 Å². The second-order valence-corrected chi connectivity index (χ2v) is 8.43. The topological polar surface area (TPSA) is 87.4 Å². The monoisotopic (exact) mass is 394 g/mol. The van der Waals surface area contributed by atoms with Gasteiger partial charge in [0.1, 0.15) is 5.01 Å². The minimum Gasteiger partial charge on any atom is -0.353 e. The quantitative estimate of drug-likeness (QED) is 0.647. The summed E-state index contributed by atoms with van der Waals surface area (Å²) in [5.41, 5.74) is 2.07. The van der Waals surface area contributed by atoms with Gasteiger partial charge in [0, 0.05) is 47.2 Å². The van der Waals surface area contributed by atoms with Gasteiger partial charge in [-0.05, 0) is 24.2 Å². The van der Waals surface area contributed by atoms with Crippen LogP contribution in [-0.2, 0) is 11.8 Å². The van der Waals surface area contributed by atoms with E-state index in [9.17, 15) is 0 Å². The molecule has 0 spiro atoms. The van der Waals surface area contributed by atoms with Crippen LogP contribution in [0.4, 0.5) is 5.95 Å². The molecule has 4 rings (SSSR count). The molecule has 0 aromatic carbocycles. The molecular weight excluding hydrogens is 375 g/mol. The second kappa shape index (κ2) is 7.67. The van der Waals surface area contributed by atoms with E-state index < -0.39 is 0 Å². The number of aromatic nitrogens is 4. The summed E-state index contributed by atoms with van der Waals surface area (Å²) in [6.45, 7) is 0.772. The maximum absolute atomic E-state index is 8.78. The van der Waals surface area contributed by atoms with Gasteiger partial charge in [-0.2, -0.15) is 5.26 Å². The fourth-order valence-electron chi connectivity index (χ4n) is 3.34. The fraction of sp³-hybridized carbons (Fsp3) is 0.316. The second-order valence-electron chi connectivity index (χ2n) is 6.69. The summed E-state index contributed by atoms with van der Waals surface area (Å²) in [7, 11) is 2.80. The molecule has 8 heteroatoms. The van der Waals surface area contributed by atoms with Gasteiger partial charge in [0.25, 0.3) is 0 Å². The highest BCUT2D eigenvalue weighted by Crippen LogP contribution is 2.42. The first-order valence-electron chi connectivity index (χ1n) is 8.79. The summed E-state index contributed by atoms with van der Waals surface area (Å²) >= 11 is 1.50. The van der Waals surface area contributed by atoms with Gasteiger partial charge < -0.3 is 5.32 Å². The van der Waals surface area contributed by atoms with Crippen LogP contribution in [0.15, 0.2) is 36.9 Å². The molecule has 0 bridgehead atoms. The number of rotatable bonds is 6. The van der Waals surface area contributed by atoms with E-state index >= 15 is 0 Å². The fourth-order valence-corrected chi connectivity index (χ4v) is 4.65. The van der Waals surface area contributed by atoms with Crippen molar-refractivity contribution in [1.29, 1.82) is 5.26 Å². The molecule has 1 N–H and O–H groups in total. The third kappa shape index (κ3) is 3.69. The zero-order valence-corrected chi connectivity index (χ0v) is 16.7. The van der Waals surface area contributed by atoms with Crippen LogP contribution >= 0.6 is 20.6 Å². The molecule has 3 aromatic heterocycles. The Morgan fingerprint density at radius 3 is 2.67 bits per heavy atom. The van der Waals surface area contributed by atoms with Crippen molar-refractivity contribution in [1.82, 2.24) is 19.9 Å². The van der Waals surface area contributed by atoms with Gasteiger partial charge in [-0.1, -0.05) is 12.5 Å². The van der Waals surface area contributed by atoms with Crippen LogP contribution in [-0.4, -0.2) is 26.5 Å². The standard InChI is InChI=1S/C19H19N6PS/c20-7-4-14-11-22-17(27-14)13-9-23-18(24-10-13)25-12-19(5-2-6-19)16-15(26)3-1-8-21-16/h1,3,8-11H,2,4-6,12,26H2,(H,23,24,25). The number of hydrogen-bond acceptors (Lipinski definition) is 7. The average molecular weight is 394 g/mol. The van der Waals surface area contributed by atoms with E-state index in [1.165, 1.54) is 17.8 Å². The molecule has 1 unspecified atom stereocenters. The summed E-state index contributed by atoms with van der Waals surface area (Å²) in [5, 5.41) is 14.2. The molecule has 6 nitrogen and oxygen atoms in total. The molecule has 3 heterocycles. The molecule has 0 saturated heterocycles. The highest BCUT2D eigenvalue weighted by molar-refractivity contribution is 7.27. The van der Waals surface area contributed by atoms with Crippen molar-refractivity contribution in [3.8, 4) is 16.6 Å². The van der Waals surface area contributed by atoms with Gasteiger partial charge in [-0.25, -0.2) is 15.0 Å². The molecule has 1 atom stereocenters. The Kier molecular flexibility index (Phi) is 5.11. The molecule has 0 aliphatic heterocycles. The number of anilines is 1. The van der Waals surface area contributed by atoms with E-state index in [2.05, 4.69) is 46.6 Å². The van der Waals surface area contributed by atoms with Crippen molar-refractivity contribution >= 4 is 31.8 Å². The Bertz CT molecular complexity index is 974. The van der Waals surface area contributed by atoms with Gasteiger partial charge in [0.2, 0.25) is 5.95 Å². The van der Waals surface area contributed by atoms with Crippen molar-refractivity contribution < 1.29 is 0 Å².